The van der Waals surface area contributed by atoms with Crippen LogP contribution in [0.3, 0.4) is 0 Å². The summed E-state index contributed by atoms with van der Waals surface area (Å²) in [7, 11) is -2.15. The van der Waals surface area contributed by atoms with Gasteiger partial charge in [0.25, 0.3) is 6.01 Å². The van der Waals surface area contributed by atoms with E-state index in [1.807, 2.05) is 0 Å². The van der Waals surface area contributed by atoms with Crippen LogP contribution in [0.2, 0.25) is 0 Å². The Morgan fingerprint density at radius 3 is 2.73 bits per heavy atom. The molecule has 0 aliphatic rings. The van der Waals surface area contributed by atoms with E-state index >= 15 is 0 Å². The summed E-state index contributed by atoms with van der Waals surface area (Å²) >= 11 is 0. The van der Waals surface area contributed by atoms with Crippen LogP contribution in [0.25, 0.3) is 11.2 Å². The van der Waals surface area contributed by atoms with Crippen LogP contribution in [0.1, 0.15) is 38.2 Å². The summed E-state index contributed by atoms with van der Waals surface area (Å²) in [5, 5.41) is 9.21. The number of aliphatic hydroxyl groups excluding tert-OH is 1. The second-order valence-corrected chi connectivity index (χ2v) is 9.19. The SMILES string of the molecule is CCCCOc1nc(N)c2nc(OC)n(CCCCNS(=O)(=O)c3cccc(CO)c3)c2n1. The fourth-order valence-corrected chi connectivity index (χ4v) is 4.35. The van der Waals surface area contributed by atoms with Gasteiger partial charge in [-0.15, -0.1) is 0 Å². The molecule has 0 saturated heterocycles. The standard InChI is InChI=1S/C21H30N6O5S/c1-3-4-12-32-20-25-18(22)17-19(26-20)27(21(24-17)31-2)11-6-5-10-23-33(29,30)16-9-7-8-15(13-16)14-28/h7-9,13,23,28H,3-6,10-12,14H2,1-2H3,(H2,22,25,26). The van der Waals surface area contributed by atoms with Gasteiger partial charge in [0.1, 0.15) is 0 Å². The van der Waals surface area contributed by atoms with Gasteiger partial charge in [-0.25, -0.2) is 13.1 Å². The van der Waals surface area contributed by atoms with E-state index in [4.69, 9.17) is 15.2 Å². The maximum atomic E-state index is 12.5. The average molecular weight is 479 g/mol. The Kier molecular flexibility index (Phi) is 8.42. The lowest BCUT2D eigenvalue weighted by Crippen LogP contribution is -2.25. The van der Waals surface area contributed by atoms with Gasteiger partial charge in [-0.05, 0) is 37.0 Å². The first-order valence-electron chi connectivity index (χ1n) is 10.8. The van der Waals surface area contributed by atoms with Crippen LogP contribution in [0.15, 0.2) is 29.2 Å². The van der Waals surface area contributed by atoms with Gasteiger partial charge in [-0.1, -0.05) is 25.5 Å². The molecular weight excluding hydrogens is 448 g/mol. The van der Waals surface area contributed by atoms with E-state index in [-0.39, 0.29) is 29.9 Å². The number of aryl methyl sites for hydroxylation is 1. The molecule has 0 bridgehead atoms. The Labute approximate surface area is 193 Å². The minimum absolute atomic E-state index is 0.124. The summed E-state index contributed by atoms with van der Waals surface area (Å²) in [6.45, 7) is 3.08. The number of rotatable bonds is 13. The number of hydrogen-bond acceptors (Lipinski definition) is 9. The molecule has 4 N–H and O–H groups in total. The van der Waals surface area contributed by atoms with Crippen molar-refractivity contribution in [3.63, 3.8) is 0 Å². The van der Waals surface area contributed by atoms with E-state index in [0.29, 0.717) is 48.7 Å². The predicted molar refractivity (Wildman–Crippen MR) is 123 cm³/mol. The number of imidazole rings is 1. The normalized spacial score (nSPS) is 11.7. The largest absolute Gasteiger partial charge is 0.468 e. The van der Waals surface area contributed by atoms with Gasteiger partial charge in [-0.2, -0.15) is 15.0 Å². The molecule has 0 spiro atoms. The lowest BCUT2D eigenvalue weighted by molar-refractivity contribution is 0.281. The van der Waals surface area contributed by atoms with E-state index < -0.39 is 10.0 Å². The lowest BCUT2D eigenvalue weighted by Gasteiger charge is -2.10. The third-order valence-electron chi connectivity index (χ3n) is 4.97. The van der Waals surface area contributed by atoms with Crippen LogP contribution in [0, 0.1) is 0 Å². The van der Waals surface area contributed by atoms with E-state index in [1.165, 1.54) is 19.2 Å². The molecule has 0 amide bonds. The smallest absolute Gasteiger partial charge is 0.320 e. The molecule has 1 aromatic carbocycles. The fourth-order valence-electron chi connectivity index (χ4n) is 3.21. The highest BCUT2D eigenvalue weighted by Gasteiger charge is 2.18. The number of methoxy groups -OCH3 is 1. The summed E-state index contributed by atoms with van der Waals surface area (Å²) in [5.41, 5.74) is 7.52. The van der Waals surface area contributed by atoms with Crippen molar-refractivity contribution in [2.45, 2.75) is 50.7 Å². The maximum absolute atomic E-state index is 12.5. The van der Waals surface area contributed by atoms with Crippen LogP contribution >= 0.6 is 0 Å². The van der Waals surface area contributed by atoms with Crippen LogP contribution in [0.4, 0.5) is 5.82 Å². The minimum atomic E-state index is -3.66. The van der Waals surface area contributed by atoms with E-state index in [0.717, 1.165) is 12.8 Å². The van der Waals surface area contributed by atoms with Crippen molar-refractivity contribution in [2.24, 2.45) is 0 Å². The number of unbranched alkanes of at least 4 members (excludes halogenated alkanes) is 2. The third-order valence-corrected chi connectivity index (χ3v) is 6.43. The second kappa shape index (κ2) is 11.3. The molecule has 33 heavy (non-hydrogen) atoms. The highest BCUT2D eigenvalue weighted by atomic mass is 32.2. The van der Waals surface area contributed by atoms with E-state index in [9.17, 15) is 13.5 Å². The molecule has 0 atom stereocenters. The van der Waals surface area contributed by atoms with Gasteiger partial charge in [-0.3, -0.25) is 4.57 Å². The van der Waals surface area contributed by atoms with Crippen molar-refractivity contribution in [3.8, 4) is 12.0 Å². The maximum Gasteiger partial charge on any atom is 0.320 e. The first kappa shape index (κ1) is 24.7. The molecule has 0 radical (unpaired) electrons. The molecule has 3 rings (SSSR count). The molecule has 3 aromatic rings. The van der Waals surface area contributed by atoms with E-state index in [1.54, 1.807) is 16.7 Å². The van der Waals surface area contributed by atoms with Crippen molar-refractivity contribution in [1.82, 2.24) is 24.2 Å². The molecule has 0 aliphatic heterocycles. The summed E-state index contributed by atoms with van der Waals surface area (Å²) in [6.07, 6.45) is 3.07. The monoisotopic (exact) mass is 478 g/mol. The average Bonchev–Trinajstić information content (AvgIpc) is 3.17. The fraction of sp³-hybridized carbons (Fsp3) is 0.476. The number of sulfonamides is 1. The van der Waals surface area contributed by atoms with Crippen LogP contribution < -0.4 is 19.9 Å². The zero-order chi connectivity index (χ0) is 23.8. The third kappa shape index (κ3) is 6.09. The van der Waals surface area contributed by atoms with Gasteiger partial charge < -0.3 is 20.3 Å². The number of benzene rings is 1. The molecule has 0 fully saturated rings. The molecule has 0 saturated carbocycles. The second-order valence-electron chi connectivity index (χ2n) is 7.43. The molecule has 11 nitrogen and oxygen atoms in total. The van der Waals surface area contributed by atoms with Gasteiger partial charge in [0, 0.05) is 13.1 Å². The molecule has 180 valence electrons. The molecule has 0 aliphatic carbocycles. The Bertz CT molecular complexity index is 1180. The number of anilines is 1. The minimum Gasteiger partial charge on any atom is -0.468 e. The molecular formula is C21H30N6O5S. The Morgan fingerprint density at radius 1 is 1.18 bits per heavy atom. The number of fused-ring (bicyclic) bond motifs is 1. The first-order valence-corrected chi connectivity index (χ1v) is 12.3. The number of nitrogens with two attached hydrogens (primary N) is 1. The highest BCUT2D eigenvalue weighted by molar-refractivity contribution is 7.89. The van der Waals surface area contributed by atoms with Crippen LogP contribution in [-0.2, 0) is 23.2 Å². The van der Waals surface area contributed by atoms with Crippen molar-refractivity contribution < 1.29 is 23.0 Å². The first-order chi connectivity index (χ1) is 15.9. The van der Waals surface area contributed by atoms with Gasteiger partial charge in [0.2, 0.25) is 10.0 Å². The van der Waals surface area contributed by atoms with Crippen LogP contribution in [-0.4, -0.2) is 53.3 Å². The summed E-state index contributed by atoms with van der Waals surface area (Å²) < 4.78 is 40.3. The quantitative estimate of drug-likeness (QED) is 0.312. The van der Waals surface area contributed by atoms with Crippen LogP contribution in [0.5, 0.6) is 12.0 Å². The van der Waals surface area contributed by atoms with Crippen molar-refractivity contribution in [1.29, 1.82) is 0 Å². The van der Waals surface area contributed by atoms with Crippen molar-refractivity contribution in [2.75, 3.05) is 26.0 Å². The summed E-state index contributed by atoms with van der Waals surface area (Å²) in [4.78, 5) is 13.1. The predicted octanol–water partition coefficient (Wildman–Crippen LogP) is 1.85. The zero-order valence-electron chi connectivity index (χ0n) is 18.8. The Balaban J connectivity index is 1.64. The Hall–Kier alpha value is -2.96. The molecule has 12 heteroatoms. The van der Waals surface area contributed by atoms with Crippen molar-refractivity contribution in [3.05, 3.63) is 29.8 Å². The van der Waals surface area contributed by atoms with E-state index in [2.05, 4.69) is 26.6 Å². The Morgan fingerprint density at radius 2 is 2.00 bits per heavy atom. The van der Waals surface area contributed by atoms with Gasteiger partial charge in [0.05, 0.1) is 25.2 Å². The molecule has 2 heterocycles. The number of nitrogens with one attached hydrogen (secondary N) is 1. The highest BCUT2D eigenvalue weighted by Crippen LogP contribution is 2.26. The number of aliphatic hydroxyl groups is 1. The van der Waals surface area contributed by atoms with Crippen molar-refractivity contribution >= 4 is 27.0 Å². The van der Waals surface area contributed by atoms with Gasteiger partial charge >= 0.3 is 6.01 Å². The number of ether oxygens (including phenoxy) is 2. The van der Waals surface area contributed by atoms with Gasteiger partial charge in [0.15, 0.2) is 17.0 Å². The molecule has 2 aromatic heterocycles. The number of aromatic nitrogens is 4. The molecule has 0 unspecified atom stereocenters. The summed E-state index contributed by atoms with van der Waals surface area (Å²) in [6, 6.07) is 6.75. The summed E-state index contributed by atoms with van der Waals surface area (Å²) in [5.74, 6) is 0.210. The topological polar surface area (TPSA) is 154 Å². The number of nitrogen functional groups attached to an aromatic ring is 1. The number of hydrogen-bond donors (Lipinski definition) is 3. The lowest BCUT2D eigenvalue weighted by atomic mass is 10.2. The zero-order valence-corrected chi connectivity index (χ0v) is 19.6. The number of nitrogens with zero attached hydrogens (tertiary/aromatic N) is 4.